The number of halogens is 7. The zero-order chi connectivity index (χ0) is 29.0. The van der Waals surface area contributed by atoms with Gasteiger partial charge in [0, 0.05) is 23.0 Å². The van der Waals surface area contributed by atoms with E-state index in [-0.39, 0.29) is 0 Å². The van der Waals surface area contributed by atoms with Gasteiger partial charge in [0.05, 0.1) is 17.6 Å². The summed E-state index contributed by atoms with van der Waals surface area (Å²) in [6.45, 7) is 0.478. The standard InChI is InChI=1S/C21H16ClF3N6O.C2HF3O2/c1-12-7-17(22)29-30-19(12)14-5-6-31-16(10-26-18(31)9-14)13-3-2-4-15(8-13)28-20(32)27-11-21(23,24)25;3-2(4,5)1(6)7/h2-10H,11H2,1H3,(H2,27,28,32);(H,6,7). The van der Waals surface area contributed by atoms with Gasteiger partial charge in [-0.3, -0.25) is 4.40 Å². The normalized spacial score (nSPS) is 11.5. The molecule has 0 fully saturated rings. The van der Waals surface area contributed by atoms with Crippen molar-refractivity contribution in [2.45, 2.75) is 19.3 Å². The number of imidazole rings is 1. The van der Waals surface area contributed by atoms with E-state index in [1.165, 1.54) is 0 Å². The van der Waals surface area contributed by atoms with Gasteiger partial charge in [-0.15, -0.1) is 10.2 Å². The molecule has 9 nitrogen and oxygen atoms in total. The first-order chi connectivity index (χ1) is 18.1. The number of nitrogens with one attached hydrogen (secondary N) is 2. The number of aryl methyl sites for hydroxylation is 1. The first-order valence-electron chi connectivity index (χ1n) is 10.6. The molecule has 3 heterocycles. The predicted molar refractivity (Wildman–Crippen MR) is 128 cm³/mol. The fourth-order valence-electron chi connectivity index (χ4n) is 3.19. The number of carboxylic acids is 1. The number of carbonyl (C=O) groups is 2. The number of alkyl halides is 6. The molecule has 1 aromatic carbocycles. The van der Waals surface area contributed by atoms with E-state index in [1.54, 1.807) is 35.8 Å². The van der Waals surface area contributed by atoms with Gasteiger partial charge in [-0.1, -0.05) is 23.7 Å². The molecule has 0 saturated heterocycles. The van der Waals surface area contributed by atoms with Crippen molar-refractivity contribution in [2.75, 3.05) is 11.9 Å². The number of carboxylic acid groups (broad SMARTS) is 1. The van der Waals surface area contributed by atoms with Crippen molar-refractivity contribution >= 4 is 34.9 Å². The Morgan fingerprint density at radius 1 is 1.03 bits per heavy atom. The fourth-order valence-corrected chi connectivity index (χ4v) is 3.39. The molecule has 0 aliphatic rings. The highest BCUT2D eigenvalue weighted by Gasteiger charge is 2.38. The van der Waals surface area contributed by atoms with E-state index in [0.717, 1.165) is 22.4 Å². The number of benzene rings is 1. The number of hydrogen-bond acceptors (Lipinski definition) is 5. The number of anilines is 1. The van der Waals surface area contributed by atoms with E-state index >= 15 is 0 Å². The van der Waals surface area contributed by atoms with Crippen LogP contribution < -0.4 is 10.6 Å². The number of urea groups is 1. The van der Waals surface area contributed by atoms with Crippen LogP contribution in [0.1, 0.15) is 5.56 Å². The van der Waals surface area contributed by atoms with Crippen molar-refractivity contribution in [3.8, 4) is 22.5 Å². The highest BCUT2D eigenvalue weighted by molar-refractivity contribution is 6.29. The summed E-state index contributed by atoms with van der Waals surface area (Å²) in [6.07, 6.45) is -6.06. The van der Waals surface area contributed by atoms with E-state index in [9.17, 15) is 31.1 Å². The number of amides is 2. The minimum absolute atomic E-state index is 0.316. The second-order valence-electron chi connectivity index (χ2n) is 7.79. The molecule has 39 heavy (non-hydrogen) atoms. The van der Waals surface area contributed by atoms with Crippen LogP contribution in [0.5, 0.6) is 0 Å². The molecule has 0 saturated carbocycles. The van der Waals surface area contributed by atoms with Crippen LogP contribution in [0.2, 0.25) is 5.15 Å². The number of rotatable bonds is 4. The van der Waals surface area contributed by atoms with Gasteiger partial charge in [-0.05, 0) is 42.8 Å². The van der Waals surface area contributed by atoms with Gasteiger partial charge in [0.25, 0.3) is 0 Å². The summed E-state index contributed by atoms with van der Waals surface area (Å²) in [5.41, 5.74) is 4.87. The Kier molecular flexibility index (Phi) is 8.64. The molecular formula is C23H17ClF6N6O3. The van der Waals surface area contributed by atoms with Crippen molar-refractivity contribution in [3.05, 3.63) is 65.6 Å². The number of carbonyl (C=O) groups excluding carboxylic acids is 1. The maximum Gasteiger partial charge on any atom is 0.490 e. The van der Waals surface area contributed by atoms with Gasteiger partial charge >= 0.3 is 24.4 Å². The van der Waals surface area contributed by atoms with Crippen molar-refractivity contribution in [3.63, 3.8) is 0 Å². The molecule has 206 valence electrons. The first-order valence-corrected chi connectivity index (χ1v) is 11.0. The van der Waals surface area contributed by atoms with Crippen LogP contribution in [0.15, 0.2) is 54.9 Å². The van der Waals surface area contributed by atoms with Crippen LogP contribution in [0.25, 0.3) is 28.2 Å². The Morgan fingerprint density at radius 2 is 1.72 bits per heavy atom. The minimum Gasteiger partial charge on any atom is -0.475 e. The largest absolute Gasteiger partial charge is 0.490 e. The average molecular weight is 575 g/mol. The number of fused-ring (bicyclic) bond motifs is 1. The zero-order valence-electron chi connectivity index (χ0n) is 19.6. The third-order valence-electron chi connectivity index (χ3n) is 4.85. The van der Waals surface area contributed by atoms with E-state index in [4.69, 9.17) is 21.5 Å². The maximum absolute atomic E-state index is 12.3. The quantitative estimate of drug-likeness (QED) is 0.267. The molecule has 3 N–H and O–H groups in total. The van der Waals surface area contributed by atoms with E-state index in [2.05, 4.69) is 20.5 Å². The monoisotopic (exact) mass is 574 g/mol. The lowest BCUT2D eigenvalue weighted by molar-refractivity contribution is -0.192. The second-order valence-corrected chi connectivity index (χ2v) is 8.18. The van der Waals surface area contributed by atoms with E-state index in [1.807, 2.05) is 35.7 Å². The summed E-state index contributed by atoms with van der Waals surface area (Å²) in [6, 6.07) is 11.3. The Morgan fingerprint density at radius 3 is 2.33 bits per heavy atom. The lowest BCUT2D eigenvalue weighted by atomic mass is 10.1. The molecule has 0 atom stereocenters. The third kappa shape index (κ3) is 8.04. The summed E-state index contributed by atoms with van der Waals surface area (Å²) in [5.74, 6) is -2.76. The predicted octanol–water partition coefficient (Wildman–Crippen LogP) is 5.74. The van der Waals surface area contributed by atoms with Crippen LogP contribution in [0.4, 0.5) is 36.8 Å². The second kappa shape index (κ2) is 11.6. The van der Waals surface area contributed by atoms with E-state index < -0.39 is 30.9 Å². The molecule has 0 spiro atoms. The summed E-state index contributed by atoms with van der Waals surface area (Å²) < 4.78 is 70.4. The lowest BCUT2D eigenvalue weighted by Gasteiger charge is -2.11. The molecule has 0 bridgehead atoms. The number of nitrogens with zero attached hydrogens (tertiary/aromatic N) is 4. The Bertz CT molecular complexity index is 1510. The van der Waals surface area contributed by atoms with Crippen molar-refractivity contribution in [1.29, 1.82) is 0 Å². The molecule has 0 aliphatic carbocycles. The zero-order valence-corrected chi connectivity index (χ0v) is 20.4. The Hall–Kier alpha value is -4.40. The lowest BCUT2D eigenvalue weighted by Crippen LogP contribution is -2.36. The van der Waals surface area contributed by atoms with Gasteiger partial charge in [-0.2, -0.15) is 26.3 Å². The molecule has 4 rings (SSSR count). The molecular weight excluding hydrogens is 558 g/mol. The number of aliphatic carboxylic acids is 1. The van der Waals surface area contributed by atoms with Crippen molar-refractivity contribution in [1.82, 2.24) is 24.9 Å². The Labute approximate surface area is 220 Å². The molecule has 16 heteroatoms. The molecule has 0 unspecified atom stereocenters. The van der Waals surface area contributed by atoms with Crippen LogP contribution in [0, 0.1) is 6.92 Å². The van der Waals surface area contributed by atoms with Gasteiger partial charge in [0.2, 0.25) is 0 Å². The number of aromatic nitrogens is 4. The summed E-state index contributed by atoms with van der Waals surface area (Å²) in [4.78, 5) is 25.1. The van der Waals surface area contributed by atoms with Crippen LogP contribution in [-0.2, 0) is 4.79 Å². The van der Waals surface area contributed by atoms with Crippen molar-refractivity contribution < 1.29 is 41.0 Å². The average Bonchev–Trinajstić information content (AvgIpc) is 3.26. The van der Waals surface area contributed by atoms with Gasteiger partial charge < -0.3 is 15.7 Å². The van der Waals surface area contributed by atoms with Crippen LogP contribution in [-0.4, -0.2) is 55.6 Å². The topological polar surface area (TPSA) is 122 Å². The molecule has 3 aromatic heterocycles. The Balaban J connectivity index is 0.000000532. The molecule has 2 amide bonds. The van der Waals surface area contributed by atoms with Crippen molar-refractivity contribution in [2.24, 2.45) is 0 Å². The third-order valence-corrected chi connectivity index (χ3v) is 5.03. The summed E-state index contributed by atoms with van der Waals surface area (Å²) in [5, 5.41) is 19.7. The van der Waals surface area contributed by atoms with Gasteiger partial charge in [0.15, 0.2) is 5.15 Å². The molecule has 0 radical (unpaired) electrons. The fraction of sp³-hybridized carbons (Fsp3) is 0.174. The minimum atomic E-state index is -5.08. The number of pyridine rings is 1. The molecule has 4 aromatic rings. The van der Waals surface area contributed by atoms with Crippen LogP contribution >= 0.6 is 11.6 Å². The molecule has 0 aliphatic heterocycles. The number of hydrogen-bond donors (Lipinski definition) is 3. The summed E-state index contributed by atoms with van der Waals surface area (Å²) >= 11 is 5.88. The smallest absolute Gasteiger partial charge is 0.475 e. The SMILES string of the molecule is Cc1cc(Cl)nnc1-c1ccn2c(-c3cccc(NC(=O)NCC(F)(F)F)c3)cnc2c1.O=C(O)C(F)(F)F. The van der Waals surface area contributed by atoms with Gasteiger partial charge in [-0.25, -0.2) is 14.6 Å². The van der Waals surface area contributed by atoms with Crippen LogP contribution in [0.3, 0.4) is 0 Å². The van der Waals surface area contributed by atoms with E-state index in [0.29, 0.717) is 22.2 Å². The highest BCUT2D eigenvalue weighted by Crippen LogP contribution is 2.27. The summed E-state index contributed by atoms with van der Waals surface area (Å²) in [7, 11) is 0. The van der Waals surface area contributed by atoms with Gasteiger partial charge in [0.1, 0.15) is 12.2 Å². The first kappa shape index (κ1) is 29.2. The maximum atomic E-state index is 12.3. The highest BCUT2D eigenvalue weighted by atomic mass is 35.5.